The molecule has 31 heavy (non-hydrogen) atoms. The Balaban J connectivity index is 1.84. The number of ketones is 1. The maximum Gasteiger partial charge on any atom is 0.264 e. The van der Waals surface area contributed by atoms with Gasteiger partial charge in [-0.15, -0.1) is 0 Å². The maximum absolute atomic E-state index is 13.5. The van der Waals surface area contributed by atoms with Crippen LogP contribution in [0.5, 0.6) is 0 Å². The molecular weight excluding hydrogens is 460 g/mol. The topological polar surface area (TPSA) is 83.6 Å². The third kappa shape index (κ3) is 3.81. The van der Waals surface area contributed by atoms with E-state index in [2.05, 4.69) is 21.1 Å². The van der Waals surface area contributed by atoms with E-state index in [4.69, 9.17) is 4.52 Å². The summed E-state index contributed by atoms with van der Waals surface area (Å²) in [5.74, 6) is -0.469. The first-order valence-corrected chi connectivity index (χ1v) is 10.6. The number of halogens is 1. The number of aliphatic hydroxyl groups excluding tert-OH is 1. The van der Waals surface area contributed by atoms with Crippen LogP contribution >= 0.6 is 15.9 Å². The number of aromatic nitrogens is 1. The Morgan fingerprint density at radius 1 is 1.10 bits per heavy atom. The molecule has 1 aliphatic heterocycles. The zero-order valence-corrected chi connectivity index (χ0v) is 18.9. The highest BCUT2D eigenvalue weighted by atomic mass is 79.9. The fraction of sp³-hybridized carbons (Fsp3) is 0.208. The Labute approximate surface area is 188 Å². The molecule has 2 aromatic carbocycles. The van der Waals surface area contributed by atoms with Gasteiger partial charge in [0.15, 0.2) is 17.6 Å². The van der Waals surface area contributed by atoms with Crippen LogP contribution < -0.4 is 4.90 Å². The fourth-order valence-electron chi connectivity index (χ4n) is 3.47. The predicted molar refractivity (Wildman–Crippen MR) is 121 cm³/mol. The average Bonchev–Trinajstić information content (AvgIpc) is 3.32. The summed E-state index contributed by atoms with van der Waals surface area (Å²) in [5.41, 5.74) is 0.630. The third-order valence-corrected chi connectivity index (χ3v) is 5.66. The van der Waals surface area contributed by atoms with Crippen LogP contribution in [0.25, 0.3) is 5.57 Å². The number of hydrogen-bond donors (Lipinski definition) is 1. The Kier molecular flexibility index (Phi) is 5.31. The Morgan fingerprint density at radius 2 is 1.74 bits per heavy atom. The first kappa shape index (κ1) is 21.1. The molecule has 0 fully saturated rings. The van der Waals surface area contributed by atoms with Crippen LogP contribution in [0.2, 0.25) is 0 Å². The summed E-state index contributed by atoms with van der Waals surface area (Å²) >= 11 is 3.37. The van der Waals surface area contributed by atoms with Crippen molar-refractivity contribution in [3.05, 3.63) is 87.8 Å². The van der Waals surface area contributed by atoms with Gasteiger partial charge in [-0.3, -0.25) is 14.5 Å². The van der Waals surface area contributed by atoms with Crippen molar-refractivity contribution in [1.29, 1.82) is 0 Å². The number of amides is 1. The zero-order chi connectivity index (χ0) is 22.3. The second-order valence-corrected chi connectivity index (χ2v) is 9.29. The van der Waals surface area contributed by atoms with Crippen molar-refractivity contribution >= 4 is 39.0 Å². The highest BCUT2D eigenvalue weighted by Crippen LogP contribution is 2.38. The number of anilines is 1. The van der Waals surface area contributed by atoms with E-state index in [9.17, 15) is 14.7 Å². The predicted octanol–water partition coefficient (Wildman–Crippen LogP) is 5.30. The standard InChI is InChI=1S/C24H21BrN2O4/c1-24(2,3)17-13-18(26-31-17)27-20(21(28)15-7-5-4-6-8-15)22(29)19(23(27)30)14-9-11-16(25)12-10-14/h4-13,20,29H,1-3H3/t20-/m0/s1. The van der Waals surface area contributed by atoms with E-state index >= 15 is 0 Å². The number of rotatable bonds is 4. The minimum atomic E-state index is -1.23. The zero-order valence-electron chi connectivity index (χ0n) is 17.3. The largest absolute Gasteiger partial charge is 0.509 e. The minimum Gasteiger partial charge on any atom is -0.509 e. The van der Waals surface area contributed by atoms with Gasteiger partial charge in [-0.2, -0.15) is 0 Å². The summed E-state index contributed by atoms with van der Waals surface area (Å²) in [5, 5.41) is 15.1. The van der Waals surface area contributed by atoms with Gasteiger partial charge in [0.25, 0.3) is 5.91 Å². The summed E-state index contributed by atoms with van der Waals surface area (Å²) in [6.07, 6.45) is 0. The van der Waals surface area contributed by atoms with Gasteiger partial charge in [-0.25, -0.2) is 0 Å². The highest BCUT2D eigenvalue weighted by molar-refractivity contribution is 9.10. The lowest BCUT2D eigenvalue weighted by Crippen LogP contribution is -2.41. The molecule has 2 heterocycles. The van der Waals surface area contributed by atoms with Gasteiger partial charge in [0.1, 0.15) is 11.5 Å². The van der Waals surface area contributed by atoms with Crippen LogP contribution in [0.3, 0.4) is 0 Å². The number of nitrogens with zero attached hydrogens (tertiary/aromatic N) is 2. The van der Waals surface area contributed by atoms with E-state index in [1.165, 1.54) is 4.90 Å². The molecule has 1 aromatic heterocycles. The van der Waals surface area contributed by atoms with Crippen molar-refractivity contribution < 1.29 is 19.2 Å². The summed E-state index contributed by atoms with van der Waals surface area (Å²) in [6, 6.07) is 15.9. The molecule has 0 unspecified atom stereocenters. The minimum absolute atomic E-state index is 0.0714. The lowest BCUT2D eigenvalue weighted by Gasteiger charge is -2.21. The van der Waals surface area contributed by atoms with Gasteiger partial charge in [-0.1, -0.05) is 84.3 Å². The number of benzene rings is 2. The van der Waals surface area contributed by atoms with E-state index in [0.717, 1.165) is 4.47 Å². The first-order chi connectivity index (χ1) is 14.7. The van der Waals surface area contributed by atoms with Gasteiger partial charge in [-0.05, 0) is 17.7 Å². The maximum atomic E-state index is 13.5. The average molecular weight is 481 g/mol. The molecule has 0 bridgehead atoms. The van der Waals surface area contributed by atoms with Crippen LogP contribution in [0, 0.1) is 0 Å². The molecule has 3 aromatic rings. The van der Waals surface area contributed by atoms with Crippen LogP contribution in [-0.4, -0.2) is 28.0 Å². The quantitative estimate of drug-likeness (QED) is 0.512. The SMILES string of the molecule is CC(C)(C)c1cc(N2C(=O)C(c3ccc(Br)cc3)=C(O)[C@@H]2C(=O)c2ccccc2)no1. The number of Topliss-reactive ketones (excluding diaryl/α,β-unsaturated/α-hetero) is 1. The summed E-state index contributed by atoms with van der Waals surface area (Å²) in [7, 11) is 0. The number of hydrogen-bond acceptors (Lipinski definition) is 5. The van der Waals surface area contributed by atoms with Gasteiger partial charge in [0.05, 0.1) is 5.57 Å². The van der Waals surface area contributed by atoms with Gasteiger partial charge in [0, 0.05) is 21.5 Å². The van der Waals surface area contributed by atoms with Crippen molar-refractivity contribution in [2.75, 3.05) is 4.90 Å². The van der Waals surface area contributed by atoms with Crippen LogP contribution in [0.4, 0.5) is 5.82 Å². The van der Waals surface area contributed by atoms with Crippen LogP contribution in [0.15, 0.2) is 75.4 Å². The molecule has 6 nitrogen and oxygen atoms in total. The smallest absolute Gasteiger partial charge is 0.264 e. The number of aliphatic hydroxyl groups is 1. The van der Waals surface area contributed by atoms with E-state index in [0.29, 0.717) is 16.9 Å². The third-order valence-electron chi connectivity index (χ3n) is 5.13. The molecule has 0 radical (unpaired) electrons. The second-order valence-electron chi connectivity index (χ2n) is 8.37. The first-order valence-electron chi connectivity index (χ1n) is 9.77. The summed E-state index contributed by atoms with van der Waals surface area (Å²) in [4.78, 5) is 28.0. The Bertz CT molecular complexity index is 1170. The highest BCUT2D eigenvalue weighted by Gasteiger charge is 2.46. The second kappa shape index (κ2) is 7.81. The van der Waals surface area contributed by atoms with Crippen LogP contribution in [0.1, 0.15) is 42.5 Å². The molecule has 0 saturated heterocycles. The van der Waals surface area contributed by atoms with Crippen molar-refractivity contribution in [2.24, 2.45) is 0 Å². The molecule has 1 amide bonds. The summed E-state index contributed by atoms with van der Waals surface area (Å²) < 4.78 is 6.29. The lowest BCUT2D eigenvalue weighted by atomic mass is 9.93. The molecule has 4 rings (SSSR count). The molecule has 0 aliphatic carbocycles. The Morgan fingerprint density at radius 3 is 2.32 bits per heavy atom. The van der Waals surface area contributed by atoms with E-state index in [1.54, 1.807) is 60.7 Å². The molecule has 0 saturated carbocycles. The van der Waals surface area contributed by atoms with Gasteiger partial charge < -0.3 is 9.63 Å². The van der Waals surface area contributed by atoms with Crippen molar-refractivity contribution in [3.63, 3.8) is 0 Å². The number of carbonyl (C=O) groups is 2. The molecule has 158 valence electrons. The molecule has 0 spiro atoms. The normalized spacial score (nSPS) is 16.8. The van der Waals surface area contributed by atoms with Crippen molar-refractivity contribution in [3.8, 4) is 0 Å². The molecule has 1 atom stereocenters. The fourth-order valence-corrected chi connectivity index (χ4v) is 3.73. The monoisotopic (exact) mass is 480 g/mol. The van der Waals surface area contributed by atoms with E-state index < -0.39 is 17.7 Å². The van der Waals surface area contributed by atoms with Gasteiger partial charge in [0.2, 0.25) is 0 Å². The van der Waals surface area contributed by atoms with Crippen LogP contribution in [-0.2, 0) is 10.2 Å². The molecule has 1 N–H and O–H groups in total. The summed E-state index contributed by atoms with van der Waals surface area (Å²) in [6.45, 7) is 5.87. The van der Waals surface area contributed by atoms with Gasteiger partial charge >= 0.3 is 0 Å². The lowest BCUT2D eigenvalue weighted by molar-refractivity contribution is -0.113. The molecule has 7 heteroatoms. The van der Waals surface area contributed by atoms with E-state index in [1.807, 2.05) is 20.8 Å². The van der Waals surface area contributed by atoms with E-state index in [-0.39, 0.29) is 22.6 Å². The molecule has 1 aliphatic rings. The Hall–Kier alpha value is -3.19. The van der Waals surface area contributed by atoms with Crippen molar-refractivity contribution in [2.45, 2.75) is 32.2 Å². The number of carbonyl (C=O) groups excluding carboxylic acids is 2. The van der Waals surface area contributed by atoms with Crippen molar-refractivity contribution in [1.82, 2.24) is 5.16 Å². The molecular formula is C24H21BrN2O4.